The second-order valence-electron chi connectivity index (χ2n) is 4.67. The lowest BCUT2D eigenvalue weighted by Gasteiger charge is -2.15. The highest BCUT2D eigenvalue weighted by Gasteiger charge is 2.18. The maximum atomic E-state index is 12.3. The number of hydrogen-bond acceptors (Lipinski definition) is 6. The van der Waals surface area contributed by atoms with Crippen LogP contribution in [0.15, 0.2) is 28.8 Å². The summed E-state index contributed by atoms with van der Waals surface area (Å²) in [7, 11) is 3.22. The number of aromatic nitrogens is 2. The van der Waals surface area contributed by atoms with Gasteiger partial charge in [0.15, 0.2) is 5.82 Å². The highest BCUT2D eigenvalue weighted by atomic mass is 16.5. The summed E-state index contributed by atoms with van der Waals surface area (Å²) >= 11 is 0. The first-order valence-electron chi connectivity index (χ1n) is 6.48. The van der Waals surface area contributed by atoms with Crippen LogP contribution in [0.3, 0.4) is 0 Å². The summed E-state index contributed by atoms with van der Waals surface area (Å²) in [6, 6.07) is 6.91. The van der Waals surface area contributed by atoms with Crippen LogP contribution in [0.2, 0.25) is 0 Å². The molecule has 1 aromatic carbocycles. The fraction of sp³-hybridized carbons (Fsp3) is 0.357. The largest absolute Gasteiger partial charge is 0.398 e. The molecule has 0 bridgehead atoms. The number of carbonyl (C=O) groups excluding carboxylic acids is 1. The molecule has 0 saturated carbocycles. The molecule has 0 spiro atoms. The molecule has 2 N–H and O–H groups in total. The van der Waals surface area contributed by atoms with E-state index in [2.05, 4.69) is 10.1 Å². The Kier molecular flexibility index (Phi) is 4.54. The van der Waals surface area contributed by atoms with E-state index in [4.69, 9.17) is 15.0 Å². The van der Waals surface area contributed by atoms with Crippen LogP contribution in [0.1, 0.15) is 35.1 Å². The Balaban J connectivity index is 2.07. The lowest BCUT2D eigenvalue weighted by molar-refractivity contribution is 0.0770. The van der Waals surface area contributed by atoms with Crippen LogP contribution >= 0.6 is 0 Å². The van der Waals surface area contributed by atoms with Crippen LogP contribution in [0.5, 0.6) is 0 Å². The molecule has 1 atom stereocenters. The van der Waals surface area contributed by atoms with E-state index < -0.39 is 0 Å². The van der Waals surface area contributed by atoms with Crippen LogP contribution < -0.4 is 5.73 Å². The minimum absolute atomic E-state index is 0.201. The summed E-state index contributed by atoms with van der Waals surface area (Å²) in [4.78, 5) is 18.0. The van der Waals surface area contributed by atoms with Gasteiger partial charge < -0.3 is 19.9 Å². The normalized spacial score (nSPS) is 12.1. The van der Waals surface area contributed by atoms with Crippen molar-refractivity contribution < 1.29 is 14.1 Å². The van der Waals surface area contributed by atoms with Gasteiger partial charge in [0.05, 0.1) is 12.1 Å². The Labute approximate surface area is 122 Å². The minimum atomic E-state index is -0.256. The lowest BCUT2D eigenvalue weighted by atomic mass is 10.1. The van der Waals surface area contributed by atoms with E-state index in [0.29, 0.717) is 23.0 Å². The van der Waals surface area contributed by atoms with Crippen molar-refractivity contribution >= 4 is 11.6 Å². The third-order valence-electron chi connectivity index (χ3n) is 3.11. The molecular formula is C14H18N4O3. The molecule has 1 heterocycles. The standard InChI is InChI=1S/C14H18N4O3/c1-9(20-3)13-16-12(21-17-13)8-18(2)14(19)10-6-4-5-7-11(10)15/h4-7,9H,8,15H2,1-3H3. The van der Waals surface area contributed by atoms with Crippen molar-refractivity contribution in [1.82, 2.24) is 15.0 Å². The SMILES string of the molecule is COC(C)c1noc(CN(C)C(=O)c2ccccc2N)n1. The summed E-state index contributed by atoms with van der Waals surface area (Å²) in [5.74, 6) is 0.597. The average molecular weight is 290 g/mol. The zero-order valence-electron chi connectivity index (χ0n) is 12.2. The van der Waals surface area contributed by atoms with E-state index in [1.165, 1.54) is 4.90 Å². The van der Waals surface area contributed by atoms with Gasteiger partial charge in [-0.3, -0.25) is 4.79 Å². The highest BCUT2D eigenvalue weighted by molar-refractivity contribution is 5.98. The molecule has 1 amide bonds. The van der Waals surface area contributed by atoms with E-state index >= 15 is 0 Å². The van der Waals surface area contributed by atoms with E-state index in [1.54, 1.807) is 38.4 Å². The summed E-state index contributed by atoms with van der Waals surface area (Å²) < 4.78 is 10.2. The molecule has 21 heavy (non-hydrogen) atoms. The maximum absolute atomic E-state index is 12.3. The smallest absolute Gasteiger partial charge is 0.256 e. The number of rotatable bonds is 5. The molecule has 0 saturated heterocycles. The molecule has 0 aliphatic heterocycles. The zero-order chi connectivity index (χ0) is 15.4. The van der Waals surface area contributed by atoms with E-state index in [1.807, 2.05) is 6.92 Å². The molecule has 2 aromatic rings. The van der Waals surface area contributed by atoms with Crippen molar-refractivity contribution in [3.05, 3.63) is 41.5 Å². The summed E-state index contributed by atoms with van der Waals surface area (Å²) in [5.41, 5.74) is 6.69. The van der Waals surface area contributed by atoms with Crippen molar-refractivity contribution in [2.24, 2.45) is 0 Å². The highest BCUT2D eigenvalue weighted by Crippen LogP contribution is 2.15. The summed E-state index contributed by atoms with van der Waals surface area (Å²) in [5, 5.41) is 3.82. The second kappa shape index (κ2) is 6.36. The predicted octanol–water partition coefficient (Wildman–Crippen LogP) is 1.63. The molecular weight excluding hydrogens is 272 g/mol. The summed E-state index contributed by atoms with van der Waals surface area (Å²) in [6.07, 6.45) is -0.256. The zero-order valence-corrected chi connectivity index (χ0v) is 12.2. The number of carbonyl (C=O) groups is 1. The van der Waals surface area contributed by atoms with Gasteiger partial charge in [0, 0.05) is 19.8 Å². The van der Waals surface area contributed by atoms with Crippen LogP contribution in [0.25, 0.3) is 0 Å². The molecule has 1 aromatic heterocycles. The van der Waals surface area contributed by atoms with E-state index in [-0.39, 0.29) is 18.6 Å². The first-order chi connectivity index (χ1) is 10.0. The first kappa shape index (κ1) is 15.0. The van der Waals surface area contributed by atoms with Gasteiger partial charge in [-0.2, -0.15) is 4.98 Å². The topological polar surface area (TPSA) is 94.5 Å². The molecule has 7 nitrogen and oxygen atoms in total. The number of hydrogen-bond donors (Lipinski definition) is 1. The fourth-order valence-electron chi connectivity index (χ4n) is 1.77. The molecule has 0 radical (unpaired) electrons. The molecule has 112 valence electrons. The number of methoxy groups -OCH3 is 1. The fourth-order valence-corrected chi connectivity index (χ4v) is 1.77. The third-order valence-corrected chi connectivity index (χ3v) is 3.11. The molecule has 2 rings (SSSR count). The van der Waals surface area contributed by atoms with E-state index in [0.717, 1.165) is 0 Å². The van der Waals surface area contributed by atoms with Crippen LogP contribution in [-0.4, -0.2) is 35.1 Å². The van der Waals surface area contributed by atoms with Crippen LogP contribution in [-0.2, 0) is 11.3 Å². The van der Waals surface area contributed by atoms with Crippen molar-refractivity contribution in [2.75, 3.05) is 19.9 Å². The van der Waals surface area contributed by atoms with Gasteiger partial charge in [0.1, 0.15) is 6.10 Å². The van der Waals surface area contributed by atoms with Gasteiger partial charge in [0.25, 0.3) is 5.91 Å². The Morgan fingerprint density at radius 3 is 2.86 bits per heavy atom. The summed E-state index contributed by atoms with van der Waals surface area (Å²) in [6.45, 7) is 2.02. The molecule has 1 unspecified atom stereocenters. The number of benzene rings is 1. The number of nitrogen functional groups attached to an aromatic ring is 1. The maximum Gasteiger partial charge on any atom is 0.256 e. The van der Waals surface area contributed by atoms with Crippen molar-refractivity contribution in [3.63, 3.8) is 0 Å². The first-order valence-corrected chi connectivity index (χ1v) is 6.48. The number of nitrogens with two attached hydrogens (primary N) is 1. The Morgan fingerprint density at radius 1 is 1.48 bits per heavy atom. The van der Waals surface area contributed by atoms with Gasteiger partial charge in [-0.1, -0.05) is 17.3 Å². The molecule has 7 heteroatoms. The predicted molar refractivity (Wildman–Crippen MR) is 76.4 cm³/mol. The Hall–Kier alpha value is -2.41. The number of para-hydroxylation sites is 1. The van der Waals surface area contributed by atoms with Crippen LogP contribution in [0, 0.1) is 0 Å². The Bertz CT molecular complexity index is 626. The molecule has 0 fully saturated rings. The van der Waals surface area contributed by atoms with Gasteiger partial charge in [-0.05, 0) is 19.1 Å². The molecule has 0 aliphatic carbocycles. The average Bonchev–Trinajstić information content (AvgIpc) is 2.94. The monoisotopic (exact) mass is 290 g/mol. The van der Waals surface area contributed by atoms with Crippen molar-refractivity contribution in [3.8, 4) is 0 Å². The van der Waals surface area contributed by atoms with Crippen molar-refractivity contribution in [2.45, 2.75) is 19.6 Å². The number of amides is 1. The number of nitrogens with zero attached hydrogens (tertiary/aromatic N) is 3. The van der Waals surface area contributed by atoms with Gasteiger partial charge in [-0.25, -0.2) is 0 Å². The molecule has 0 aliphatic rings. The van der Waals surface area contributed by atoms with E-state index in [9.17, 15) is 4.79 Å². The Morgan fingerprint density at radius 2 is 2.19 bits per heavy atom. The van der Waals surface area contributed by atoms with Crippen LogP contribution in [0.4, 0.5) is 5.69 Å². The lowest BCUT2D eigenvalue weighted by Crippen LogP contribution is -2.27. The minimum Gasteiger partial charge on any atom is -0.398 e. The number of anilines is 1. The van der Waals surface area contributed by atoms with Gasteiger partial charge >= 0.3 is 0 Å². The second-order valence-corrected chi connectivity index (χ2v) is 4.67. The number of ether oxygens (including phenoxy) is 1. The van der Waals surface area contributed by atoms with Gasteiger partial charge in [-0.15, -0.1) is 0 Å². The van der Waals surface area contributed by atoms with Gasteiger partial charge in [0.2, 0.25) is 5.89 Å². The quantitative estimate of drug-likeness (QED) is 0.841. The van der Waals surface area contributed by atoms with Crippen molar-refractivity contribution in [1.29, 1.82) is 0 Å². The third kappa shape index (κ3) is 3.38.